The van der Waals surface area contributed by atoms with Gasteiger partial charge < -0.3 is 24.7 Å². The zero-order valence-corrected chi connectivity index (χ0v) is 21.5. The van der Waals surface area contributed by atoms with Gasteiger partial charge in [0.2, 0.25) is 5.91 Å². The molecule has 0 aromatic heterocycles. The highest BCUT2D eigenvalue weighted by Crippen LogP contribution is 2.29. The quantitative estimate of drug-likeness (QED) is 0.637. The van der Waals surface area contributed by atoms with Crippen LogP contribution in [0.5, 0.6) is 5.75 Å². The van der Waals surface area contributed by atoms with Crippen LogP contribution in [0.1, 0.15) is 30.9 Å². The summed E-state index contributed by atoms with van der Waals surface area (Å²) in [4.78, 5) is 18.2. The summed E-state index contributed by atoms with van der Waals surface area (Å²) in [6, 6.07) is 12.9. The second-order valence-electron chi connectivity index (χ2n) is 10.6. The molecule has 2 aromatic rings. The van der Waals surface area contributed by atoms with Gasteiger partial charge in [-0.2, -0.15) is 0 Å². The van der Waals surface area contributed by atoms with E-state index in [1.165, 1.54) is 30.3 Å². The maximum Gasteiger partial charge on any atom is 0.219 e. The third-order valence-electron chi connectivity index (χ3n) is 7.35. The summed E-state index contributed by atoms with van der Waals surface area (Å²) in [6.45, 7) is 8.54. The summed E-state index contributed by atoms with van der Waals surface area (Å²) in [5.41, 5.74) is 0.647. The Bertz CT molecular complexity index is 1070. The zero-order chi connectivity index (χ0) is 25.9. The molecule has 4 rings (SSSR count). The lowest BCUT2D eigenvalue weighted by Gasteiger charge is -2.42. The van der Waals surface area contributed by atoms with E-state index in [0.29, 0.717) is 43.8 Å². The minimum atomic E-state index is -1.33. The Labute approximate surface area is 213 Å². The first-order chi connectivity index (χ1) is 17.0. The van der Waals surface area contributed by atoms with Crippen LogP contribution in [-0.2, 0) is 4.79 Å². The molecule has 1 amide bonds. The monoisotopic (exact) mass is 499 g/mol. The normalized spacial score (nSPS) is 22.8. The van der Waals surface area contributed by atoms with Crippen molar-refractivity contribution in [3.8, 4) is 5.75 Å². The molecule has 0 saturated carbocycles. The number of carbonyl (C=O) groups is 1. The number of halogens is 1. The van der Waals surface area contributed by atoms with Crippen molar-refractivity contribution < 1.29 is 24.1 Å². The fourth-order valence-electron chi connectivity index (χ4n) is 5.24. The number of hydrogen-bond donors (Lipinski definition) is 2. The molecule has 7 nitrogen and oxygen atoms in total. The first-order valence-corrected chi connectivity index (χ1v) is 12.7. The fourth-order valence-corrected chi connectivity index (χ4v) is 5.24. The third-order valence-corrected chi connectivity index (χ3v) is 7.35. The summed E-state index contributed by atoms with van der Waals surface area (Å²) in [5.74, 6) is 0.0406. The molecule has 2 aliphatic rings. The topological polar surface area (TPSA) is 76.5 Å². The number of anilines is 1. The molecule has 0 radical (unpaired) electrons. The number of carbonyl (C=O) groups excluding carboxylic acids is 1. The molecule has 2 saturated heterocycles. The molecule has 0 bridgehead atoms. The number of aliphatic hydroxyl groups is 2. The van der Waals surface area contributed by atoms with Crippen molar-refractivity contribution in [2.45, 2.75) is 44.8 Å². The molecular weight excluding hydrogens is 461 g/mol. The number of amides is 1. The number of nitrogens with zero attached hydrogens (tertiary/aromatic N) is 3. The van der Waals surface area contributed by atoms with Gasteiger partial charge in [0.1, 0.15) is 23.8 Å². The Morgan fingerprint density at radius 1 is 1.00 bits per heavy atom. The smallest absolute Gasteiger partial charge is 0.219 e. The molecule has 2 heterocycles. The summed E-state index contributed by atoms with van der Waals surface area (Å²) >= 11 is 0. The van der Waals surface area contributed by atoms with Crippen LogP contribution in [0.25, 0.3) is 0 Å². The first-order valence-electron chi connectivity index (χ1n) is 12.7. The van der Waals surface area contributed by atoms with Gasteiger partial charge in [0.15, 0.2) is 0 Å². The van der Waals surface area contributed by atoms with Crippen molar-refractivity contribution in [2.75, 3.05) is 57.3 Å². The van der Waals surface area contributed by atoms with E-state index in [1.54, 1.807) is 17.9 Å². The Morgan fingerprint density at radius 2 is 1.75 bits per heavy atom. The number of aryl methyl sites for hydroxylation is 2. The Kier molecular flexibility index (Phi) is 7.87. The Morgan fingerprint density at radius 3 is 2.42 bits per heavy atom. The largest absolute Gasteiger partial charge is 0.490 e. The average Bonchev–Trinajstić information content (AvgIpc) is 2.99. The van der Waals surface area contributed by atoms with E-state index >= 15 is 0 Å². The zero-order valence-electron chi connectivity index (χ0n) is 21.5. The van der Waals surface area contributed by atoms with Gasteiger partial charge >= 0.3 is 0 Å². The van der Waals surface area contributed by atoms with Gasteiger partial charge in [-0.15, -0.1) is 0 Å². The van der Waals surface area contributed by atoms with Crippen molar-refractivity contribution >= 4 is 11.6 Å². The van der Waals surface area contributed by atoms with Gasteiger partial charge in [-0.25, -0.2) is 4.39 Å². The molecule has 0 aliphatic carbocycles. The summed E-state index contributed by atoms with van der Waals surface area (Å²) < 4.78 is 19.5. The Balaban J connectivity index is 1.41. The van der Waals surface area contributed by atoms with E-state index in [2.05, 4.69) is 36.1 Å². The molecule has 1 unspecified atom stereocenters. The predicted octanol–water partition coefficient (Wildman–Crippen LogP) is 2.75. The molecular formula is C28H38FN3O4. The van der Waals surface area contributed by atoms with Crippen molar-refractivity contribution in [3.63, 3.8) is 0 Å². The molecule has 2 aliphatic heterocycles. The lowest BCUT2D eigenvalue weighted by molar-refractivity contribution is -0.132. The van der Waals surface area contributed by atoms with Crippen molar-refractivity contribution in [1.82, 2.24) is 9.80 Å². The molecule has 1 atom stereocenters. The summed E-state index contributed by atoms with van der Waals surface area (Å²) in [5, 5.41) is 23.0. The number of β-amino-alcohol motifs (C(OH)–C–C–N with tert-alkyl or cyclic N) is 2. The molecule has 2 fully saturated rings. The number of benzene rings is 2. The van der Waals surface area contributed by atoms with Crippen molar-refractivity contribution in [1.29, 1.82) is 0 Å². The molecule has 36 heavy (non-hydrogen) atoms. The van der Waals surface area contributed by atoms with E-state index in [1.807, 2.05) is 4.90 Å². The average molecular weight is 500 g/mol. The second-order valence-corrected chi connectivity index (χ2v) is 10.6. The molecule has 8 heteroatoms. The number of hydrogen-bond acceptors (Lipinski definition) is 6. The minimum Gasteiger partial charge on any atom is -0.490 e. The summed E-state index contributed by atoms with van der Waals surface area (Å²) in [7, 11) is 0. The van der Waals surface area contributed by atoms with E-state index in [4.69, 9.17) is 4.74 Å². The van der Waals surface area contributed by atoms with Gasteiger partial charge in [-0.1, -0.05) is 12.1 Å². The predicted molar refractivity (Wildman–Crippen MR) is 138 cm³/mol. The molecule has 2 N–H and O–H groups in total. The van der Waals surface area contributed by atoms with Gasteiger partial charge in [0, 0.05) is 51.9 Å². The number of rotatable bonds is 6. The van der Waals surface area contributed by atoms with Crippen LogP contribution in [0, 0.1) is 19.7 Å². The Hall–Kier alpha value is -2.68. The van der Waals surface area contributed by atoms with Crippen LogP contribution < -0.4 is 9.64 Å². The molecule has 196 valence electrons. The molecule has 2 aromatic carbocycles. The van der Waals surface area contributed by atoms with E-state index < -0.39 is 11.2 Å². The highest BCUT2D eigenvalue weighted by molar-refractivity contribution is 5.73. The fraction of sp³-hybridized carbons (Fsp3) is 0.536. The van der Waals surface area contributed by atoms with Gasteiger partial charge in [0.05, 0.1) is 12.1 Å². The molecule has 0 spiro atoms. The van der Waals surface area contributed by atoms with Crippen LogP contribution in [0.3, 0.4) is 0 Å². The van der Waals surface area contributed by atoms with E-state index in [-0.39, 0.29) is 31.4 Å². The van der Waals surface area contributed by atoms with Crippen LogP contribution in [-0.4, -0.2) is 89.5 Å². The lowest BCUT2D eigenvalue weighted by atomic mass is 9.90. The van der Waals surface area contributed by atoms with Crippen molar-refractivity contribution in [3.05, 3.63) is 59.4 Å². The van der Waals surface area contributed by atoms with Gasteiger partial charge in [-0.3, -0.25) is 9.69 Å². The maximum absolute atomic E-state index is 13.6. The van der Waals surface area contributed by atoms with E-state index in [0.717, 1.165) is 13.1 Å². The summed E-state index contributed by atoms with van der Waals surface area (Å²) in [6.07, 6.45) is 1.25. The maximum atomic E-state index is 13.6. The standard InChI is InChI=1S/C28H38FN3O4/c1-21-5-4-6-24(15-21)31-11-9-27(34,10-12-31)17-30-13-14-32(23(3)33)19-28(35,18-30)20-36-25-7-8-26(29)22(2)16-25/h4-8,15-16,34-35H,9-14,17-20H2,1-3H3. The van der Waals surface area contributed by atoms with Crippen LogP contribution >= 0.6 is 0 Å². The number of piperidine rings is 1. The van der Waals surface area contributed by atoms with Gasteiger partial charge in [0.25, 0.3) is 0 Å². The minimum absolute atomic E-state index is 0.0437. The third kappa shape index (κ3) is 6.55. The SMILES string of the molecule is CC(=O)N1CCN(CC2(O)CCN(c3cccc(C)c3)CC2)CC(O)(COc2ccc(F)c(C)c2)C1. The van der Waals surface area contributed by atoms with Crippen LogP contribution in [0.4, 0.5) is 10.1 Å². The van der Waals surface area contributed by atoms with Gasteiger partial charge in [-0.05, 0) is 68.1 Å². The lowest BCUT2D eigenvalue weighted by Crippen LogP contribution is -2.55. The van der Waals surface area contributed by atoms with E-state index in [9.17, 15) is 19.4 Å². The van der Waals surface area contributed by atoms with Crippen molar-refractivity contribution in [2.24, 2.45) is 0 Å². The van der Waals surface area contributed by atoms with Crippen LogP contribution in [0.15, 0.2) is 42.5 Å². The van der Waals surface area contributed by atoms with Crippen LogP contribution in [0.2, 0.25) is 0 Å². The number of ether oxygens (including phenoxy) is 1. The highest BCUT2D eigenvalue weighted by atomic mass is 19.1. The highest BCUT2D eigenvalue weighted by Gasteiger charge is 2.41. The second kappa shape index (κ2) is 10.7. The first kappa shape index (κ1) is 26.4.